The average Bonchev–Trinajstić information content (AvgIpc) is 2.51. The molecule has 2 aromatic rings. The van der Waals surface area contributed by atoms with Gasteiger partial charge >= 0.3 is 0 Å². The fraction of sp³-hybridized carbons (Fsp3) is 0.278. The molecule has 0 aromatic heterocycles. The van der Waals surface area contributed by atoms with E-state index in [-0.39, 0.29) is 5.91 Å². The Balaban J connectivity index is 2.07. The molecule has 0 saturated heterocycles. The molecule has 0 aliphatic carbocycles. The molecule has 2 rings (SSSR count). The predicted molar refractivity (Wildman–Crippen MR) is 90.7 cm³/mol. The van der Waals surface area contributed by atoms with E-state index in [0.29, 0.717) is 10.8 Å². The molecule has 0 aliphatic rings. The maximum Gasteiger partial charge on any atom is 0.265 e. The Kier molecular flexibility index (Phi) is 5.45. The minimum absolute atomic E-state index is 0.168. The van der Waals surface area contributed by atoms with Gasteiger partial charge in [0.1, 0.15) is 5.75 Å². The van der Waals surface area contributed by atoms with Crippen LogP contribution in [-0.2, 0) is 11.2 Å². The van der Waals surface area contributed by atoms with E-state index < -0.39 is 6.10 Å². The molecular formula is C18H20ClNO2. The van der Waals surface area contributed by atoms with Crippen LogP contribution in [0.2, 0.25) is 5.02 Å². The minimum atomic E-state index is -0.592. The van der Waals surface area contributed by atoms with Gasteiger partial charge < -0.3 is 10.1 Å². The van der Waals surface area contributed by atoms with Crippen LogP contribution in [0.4, 0.5) is 5.69 Å². The van der Waals surface area contributed by atoms with Gasteiger partial charge in [-0.05, 0) is 55.7 Å². The van der Waals surface area contributed by atoms with Gasteiger partial charge in [0.25, 0.3) is 5.91 Å². The lowest BCUT2D eigenvalue weighted by atomic mass is 10.1. The molecule has 4 heteroatoms. The van der Waals surface area contributed by atoms with Crippen LogP contribution in [0, 0.1) is 6.92 Å². The van der Waals surface area contributed by atoms with Crippen LogP contribution in [0.5, 0.6) is 5.75 Å². The van der Waals surface area contributed by atoms with Gasteiger partial charge in [-0.1, -0.05) is 36.7 Å². The monoisotopic (exact) mass is 317 g/mol. The van der Waals surface area contributed by atoms with Crippen LogP contribution in [0.15, 0.2) is 42.5 Å². The fourth-order valence-corrected chi connectivity index (χ4v) is 2.32. The summed E-state index contributed by atoms with van der Waals surface area (Å²) >= 11 is 5.83. The summed E-state index contributed by atoms with van der Waals surface area (Å²) in [5, 5.41) is 3.61. The number of nitrogens with one attached hydrogen (secondary N) is 1. The molecule has 2 aromatic carbocycles. The summed E-state index contributed by atoms with van der Waals surface area (Å²) < 4.78 is 5.65. The zero-order valence-corrected chi connectivity index (χ0v) is 13.8. The van der Waals surface area contributed by atoms with Gasteiger partial charge in [-0.3, -0.25) is 4.79 Å². The number of carbonyl (C=O) groups excluding carboxylic acids is 1. The molecule has 3 nitrogen and oxygen atoms in total. The number of halogens is 1. The van der Waals surface area contributed by atoms with Gasteiger partial charge in [0.05, 0.1) is 0 Å². The molecule has 0 bridgehead atoms. The molecule has 0 heterocycles. The van der Waals surface area contributed by atoms with E-state index in [1.165, 1.54) is 0 Å². The molecule has 0 radical (unpaired) electrons. The molecule has 0 fully saturated rings. The number of hydrogen-bond donors (Lipinski definition) is 1. The first-order chi connectivity index (χ1) is 10.5. The topological polar surface area (TPSA) is 38.3 Å². The molecule has 1 amide bonds. The number of carbonyl (C=O) groups is 1. The summed E-state index contributed by atoms with van der Waals surface area (Å²) in [7, 11) is 0. The van der Waals surface area contributed by atoms with Crippen molar-refractivity contribution in [3.05, 3.63) is 58.6 Å². The first-order valence-electron chi connectivity index (χ1n) is 7.33. The summed E-state index contributed by atoms with van der Waals surface area (Å²) in [4.78, 5) is 12.3. The largest absolute Gasteiger partial charge is 0.481 e. The van der Waals surface area contributed by atoms with Gasteiger partial charge in [0.15, 0.2) is 6.10 Å². The number of ether oxygens (including phenoxy) is 1. The molecule has 1 unspecified atom stereocenters. The second kappa shape index (κ2) is 7.32. The Morgan fingerprint density at radius 3 is 2.55 bits per heavy atom. The Labute approximate surface area is 136 Å². The maximum absolute atomic E-state index is 12.3. The second-order valence-electron chi connectivity index (χ2n) is 5.17. The third kappa shape index (κ3) is 4.01. The van der Waals surface area contributed by atoms with E-state index in [1.807, 2.05) is 25.1 Å². The van der Waals surface area contributed by atoms with Crippen molar-refractivity contribution in [2.45, 2.75) is 33.3 Å². The van der Waals surface area contributed by atoms with Crippen molar-refractivity contribution in [1.82, 2.24) is 0 Å². The standard InChI is InChI=1S/C18H20ClNO2/c1-4-14-7-5-6-12(2)17(14)20-18(21)13(3)22-16-10-8-15(19)9-11-16/h5-11,13H,4H2,1-3H3,(H,20,21). The Hall–Kier alpha value is -2.00. The van der Waals surface area contributed by atoms with E-state index in [4.69, 9.17) is 16.3 Å². The molecule has 116 valence electrons. The van der Waals surface area contributed by atoms with E-state index in [0.717, 1.165) is 23.2 Å². The summed E-state index contributed by atoms with van der Waals surface area (Å²) in [5.74, 6) is 0.450. The molecule has 1 atom stereocenters. The first kappa shape index (κ1) is 16.4. The number of rotatable bonds is 5. The molecule has 22 heavy (non-hydrogen) atoms. The van der Waals surface area contributed by atoms with Crippen LogP contribution < -0.4 is 10.1 Å². The third-order valence-electron chi connectivity index (χ3n) is 3.48. The highest BCUT2D eigenvalue weighted by Crippen LogP contribution is 2.22. The molecule has 0 aliphatic heterocycles. The molecular weight excluding hydrogens is 298 g/mol. The molecule has 1 N–H and O–H groups in total. The van der Waals surface area contributed by atoms with E-state index in [9.17, 15) is 4.79 Å². The SMILES string of the molecule is CCc1cccc(C)c1NC(=O)C(C)Oc1ccc(Cl)cc1. The van der Waals surface area contributed by atoms with Crippen LogP contribution in [0.25, 0.3) is 0 Å². The Bertz CT molecular complexity index is 653. The van der Waals surface area contributed by atoms with Crippen molar-refractivity contribution in [3.63, 3.8) is 0 Å². The van der Waals surface area contributed by atoms with Gasteiger partial charge in [-0.15, -0.1) is 0 Å². The number of amides is 1. The Morgan fingerprint density at radius 2 is 1.91 bits per heavy atom. The Morgan fingerprint density at radius 1 is 1.23 bits per heavy atom. The number of anilines is 1. The first-order valence-corrected chi connectivity index (χ1v) is 7.70. The average molecular weight is 318 g/mol. The van der Waals surface area contributed by atoms with Crippen LogP contribution in [0.1, 0.15) is 25.0 Å². The van der Waals surface area contributed by atoms with Crippen molar-refractivity contribution in [3.8, 4) is 5.75 Å². The summed E-state index contributed by atoms with van der Waals surface area (Å²) in [5.41, 5.74) is 3.04. The van der Waals surface area contributed by atoms with Crippen molar-refractivity contribution >= 4 is 23.2 Å². The number of hydrogen-bond acceptors (Lipinski definition) is 2. The van der Waals surface area contributed by atoms with E-state index in [2.05, 4.69) is 12.2 Å². The predicted octanol–water partition coefficient (Wildman–Crippen LogP) is 4.62. The highest BCUT2D eigenvalue weighted by Gasteiger charge is 2.17. The zero-order valence-electron chi connectivity index (χ0n) is 13.0. The normalized spacial score (nSPS) is 11.8. The smallest absolute Gasteiger partial charge is 0.265 e. The summed E-state index contributed by atoms with van der Waals surface area (Å²) in [6.07, 6.45) is 0.273. The second-order valence-corrected chi connectivity index (χ2v) is 5.60. The van der Waals surface area contributed by atoms with E-state index >= 15 is 0 Å². The molecule has 0 spiro atoms. The van der Waals surface area contributed by atoms with Crippen molar-refractivity contribution in [2.24, 2.45) is 0 Å². The maximum atomic E-state index is 12.3. The lowest BCUT2D eigenvalue weighted by molar-refractivity contribution is -0.122. The highest BCUT2D eigenvalue weighted by molar-refractivity contribution is 6.30. The van der Waals surface area contributed by atoms with Crippen LogP contribution >= 0.6 is 11.6 Å². The van der Waals surface area contributed by atoms with Crippen molar-refractivity contribution in [2.75, 3.05) is 5.32 Å². The number of aryl methyl sites for hydroxylation is 2. The fourth-order valence-electron chi connectivity index (χ4n) is 2.20. The van der Waals surface area contributed by atoms with Gasteiger partial charge in [-0.2, -0.15) is 0 Å². The molecule has 0 saturated carbocycles. The van der Waals surface area contributed by atoms with Gasteiger partial charge in [0.2, 0.25) is 0 Å². The van der Waals surface area contributed by atoms with E-state index in [1.54, 1.807) is 31.2 Å². The summed E-state index contributed by atoms with van der Waals surface area (Å²) in [6.45, 7) is 5.78. The highest BCUT2D eigenvalue weighted by atomic mass is 35.5. The number of benzene rings is 2. The van der Waals surface area contributed by atoms with Crippen LogP contribution in [0.3, 0.4) is 0 Å². The number of para-hydroxylation sites is 1. The van der Waals surface area contributed by atoms with Crippen molar-refractivity contribution in [1.29, 1.82) is 0 Å². The van der Waals surface area contributed by atoms with Gasteiger partial charge in [-0.25, -0.2) is 0 Å². The van der Waals surface area contributed by atoms with Crippen LogP contribution in [-0.4, -0.2) is 12.0 Å². The third-order valence-corrected chi connectivity index (χ3v) is 3.74. The minimum Gasteiger partial charge on any atom is -0.481 e. The zero-order chi connectivity index (χ0) is 16.1. The summed E-state index contributed by atoms with van der Waals surface area (Å²) in [6, 6.07) is 13.0. The lowest BCUT2D eigenvalue weighted by Crippen LogP contribution is -2.30. The lowest BCUT2D eigenvalue weighted by Gasteiger charge is -2.17. The van der Waals surface area contributed by atoms with Crippen molar-refractivity contribution < 1.29 is 9.53 Å². The van der Waals surface area contributed by atoms with Gasteiger partial charge in [0, 0.05) is 10.7 Å². The quantitative estimate of drug-likeness (QED) is 0.874.